The number of rotatable bonds is 6. The fourth-order valence-corrected chi connectivity index (χ4v) is 6.86. The van der Waals surface area contributed by atoms with Gasteiger partial charge in [0, 0.05) is 32.2 Å². The molecule has 4 unspecified atom stereocenters. The maximum absolute atomic E-state index is 12.4. The quantitative estimate of drug-likeness (QED) is 0.692. The minimum absolute atomic E-state index is 0.0841. The molecule has 1 aromatic carbocycles. The fraction of sp³-hybridized carbons (Fsp3) is 0.750. The first-order chi connectivity index (χ1) is 14.4. The Morgan fingerprint density at radius 1 is 1.10 bits per heavy atom. The van der Waals surface area contributed by atoms with E-state index in [-0.39, 0.29) is 6.04 Å². The second-order valence-corrected chi connectivity index (χ2v) is 10.0. The van der Waals surface area contributed by atoms with Crippen LogP contribution in [0.3, 0.4) is 0 Å². The molecule has 0 aromatic heterocycles. The molecular weight excluding hydrogens is 382 g/mol. The van der Waals surface area contributed by atoms with E-state index in [0.29, 0.717) is 19.3 Å². The van der Waals surface area contributed by atoms with Crippen LogP contribution in [0.2, 0.25) is 0 Å². The summed E-state index contributed by atoms with van der Waals surface area (Å²) >= 11 is 0. The van der Waals surface area contributed by atoms with Crippen LogP contribution in [0, 0.1) is 5.92 Å². The summed E-state index contributed by atoms with van der Waals surface area (Å²) in [5.74, 6) is 1.58. The van der Waals surface area contributed by atoms with Crippen LogP contribution in [0.4, 0.5) is 0 Å². The second-order valence-electron chi connectivity index (χ2n) is 10.0. The number of likely N-dealkylation sites (tertiary alicyclic amines) is 1. The van der Waals surface area contributed by atoms with Crippen molar-refractivity contribution in [1.29, 1.82) is 0 Å². The lowest BCUT2D eigenvalue weighted by molar-refractivity contribution is -0.269. The van der Waals surface area contributed by atoms with Crippen LogP contribution in [0.25, 0.3) is 0 Å². The highest BCUT2D eigenvalue weighted by Crippen LogP contribution is 2.61. The van der Waals surface area contributed by atoms with Gasteiger partial charge in [-0.3, -0.25) is 4.90 Å². The molecule has 3 fully saturated rings. The average molecular weight is 418 g/mol. The molecule has 4 atom stereocenters. The van der Waals surface area contributed by atoms with Crippen LogP contribution < -0.4 is 4.74 Å². The van der Waals surface area contributed by atoms with Crippen molar-refractivity contribution in [2.75, 3.05) is 34.4 Å². The monoisotopic (exact) mass is 417 g/mol. The van der Waals surface area contributed by atoms with E-state index in [9.17, 15) is 10.2 Å². The highest BCUT2D eigenvalue weighted by molar-refractivity contribution is 5.49. The maximum atomic E-state index is 12.4. The number of benzene rings is 1. The van der Waals surface area contributed by atoms with Gasteiger partial charge in [0.05, 0.1) is 12.7 Å². The van der Waals surface area contributed by atoms with Gasteiger partial charge in [-0.15, -0.1) is 0 Å². The van der Waals surface area contributed by atoms with E-state index >= 15 is 0 Å². The Morgan fingerprint density at radius 3 is 2.53 bits per heavy atom. The maximum Gasteiger partial charge on any atom is 0.185 e. The third-order valence-corrected chi connectivity index (χ3v) is 8.50. The van der Waals surface area contributed by atoms with E-state index in [1.54, 1.807) is 21.3 Å². The van der Waals surface area contributed by atoms with E-state index in [0.717, 1.165) is 43.2 Å². The van der Waals surface area contributed by atoms with E-state index in [2.05, 4.69) is 17.0 Å². The fourth-order valence-electron chi connectivity index (χ4n) is 6.86. The SMILES string of the molecule is COc1ccc2c(c1)C13CCN(CC4CC4)C(C2)C1(O)CCC(O)(C(OC)OC)C3. The third kappa shape index (κ3) is 2.88. The zero-order valence-electron chi connectivity index (χ0n) is 18.4. The average Bonchev–Trinajstić information content (AvgIpc) is 3.55. The molecule has 1 heterocycles. The van der Waals surface area contributed by atoms with Crippen LogP contribution in [-0.4, -0.2) is 73.1 Å². The molecule has 30 heavy (non-hydrogen) atoms. The first-order valence-corrected chi connectivity index (χ1v) is 11.3. The topological polar surface area (TPSA) is 71.4 Å². The molecule has 0 spiro atoms. The second kappa shape index (κ2) is 7.17. The molecule has 3 aliphatic carbocycles. The van der Waals surface area contributed by atoms with Crippen molar-refractivity contribution in [3.8, 4) is 5.75 Å². The van der Waals surface area contributed by atoms with Crippen molar-refractivity contribution in [3.63, 3.8) is 0 Å². The van der Waals surface area contributed by atoms with Gasteiger partial charge < -0.3 is 24.4 Å². The summed E-state index contributed by atoms with van der Waals surface area (Å²) in [5.41, 5.74) is -0.159. The summed E-state index contributed by atoms with van der Waals surface area (Å²) in [6.45, 7) is 2.03. The molecule has 0 radical (unpaired) electrons. The van der Waals surface area contributed by atoms with Crippen LogP contribution >= 0.6 is 0 Å². The Labute approximate surface area is 179 Å². The number of nitrogens with zero attached hydrogens (tertiary/aromatic N) is 1. The van der Waals surface area contributed by atoms with Gasteiger partial charge in [0.15, 0.2) is 6.29 Å². The van der Waals surface area contributed by atoms with Crippen LogP contribution in [0.15, 0.2) is 18.2 Å². The van der Waals surface area contributed by atoms with E-state index in [1.165, 1.54) is 18.4 Å². The lowest BCUT2D eigenvalue weighted by atomic mass is 9.47. The number of piperidine rings is 1. The Bertz CT molecular complexity index is 809. The van der Waals surface area contributed by atoms with Gasteiger partial charge >= 0.3 is 0 Å². The van der Waals surface area contributed by atoms with E-state index in [1.807, 2.05) is 6.07 Å². The third-order valence-electron chi connectivity index (χ3n) is 8.50. The predicted octanol–water partition coefficient (Wildman–Crippen LogP) is 2.24. The minimum atomic E-state index is -1.14. The molecule has 2 bridgehead atoms. The van der Waals surface area contributed by atoms with Crippen LogP contribution in [-0.2, 0) is 21.3 Å². The lowest BCUT2D eigenvalue weighted by Crippen LogP contribution is -2.75. The number of hydrogen-bond acceptors (Lipinski definition) is 6. The summed E-state index contributed by atoms with van der Waals surface area (Å²) in [4.78, 5) is 2.54. The summed E-state index contributed by atoms with van der Waals surface area (Å²) in [6.07, 6.45) is 5.00. The molecule has 1 aliphatic heterocycles. The Balaban J connectivity index is 1.62. The molecule has 1 saturated heterocycles. The van der Waals surface area contributed by atoms with Gasteiger partial charge in [0.1, 0.15) is 11.4 Å². The van der Waals surface area contributed by atoms with Crippen molar-refractivity contribution in [1.82, 2.24) is 4.90 Å². The van der Waals surface area contributed by atoms with Crippen molar-refractivity contribution < 1.29 is 24.4 Å². The molecule has 2 N–H and O–H groups in total. The van der Waals surface area contributed by atoms with E-state index < -0.39 is 22.9 Å². The normalized spacial score (nSPS) is 38.3. The Kier molecular flexibility index (Phi) is 4.95. The summed E-state index contributed by atoms with van der Waals surface area (Å²) in [5, 5.41) is 24.0. The smallest absolute Gasteiger partial charge is 0.185 e. The zero-order valence-corrected chi connectivity index (χ0v) is 18.4. The molecule has 166 valence electrons. The molecule has 6 heteroatoms. The Hall–Kier alpha value is -1.18. The zero-order chi connectivity index (χ0) is 21.1. The van der Waals surface area contributed by atoms with Crippen molar-refractivity contribution >= 4 is 0 Å². The molecule has 0 amide bonds. The van der Waals surface area contributed by atoms with Crippen molar-refractivity contribution in [2.24, 2.45) is 5.92 Å². The first kappa shape index (κ1) is 20.7. The standard InChI is InChI=1S/C24H35NO5/c1-28-18-7-6-17-12-20-24(27)9-8-23(26,21(29-2)30-3)15-22(24,19(17)13-18)10-11-25(20)14-16-4-5-16/h6-7,13,16,20-21,26-27H,4-5,8-12,14-15H2,1-3H3. The highest BCUT2D eigenvalue weighted by Gasteiger charge is 2.68. The van der Waals surface area contributed by atoms with Gasteiger partial charge in [-0.05, 0) is 80.7 Å². The summed E-state index contributed by atoms with van der Waals surface area (Å²) < 4.78 is 16.6. The van der Waals surface area contributed by atoms with Crippen LogP contribution in [0.5, 0.6) is 5.75 Å². The molecule has 4 aliphatic rings. The number of hydrogen-bond donors (Lipinski definition) is 2. The number of fused-ring (bicyclic) bond motifs is 1. The van der Waals surface area contributed by atoms with Gasteiger partial charge in [-0.25, -0.2) is 0 Å². The van der Waals surface area contributed by atoms with Gasteiger partial charge in [0.2, 0.25) is 0 Å². The summed E-state index contributed by atoms with van der Waals surface area (Å²) in [6, 6.07) is 6.35. The van der Waals surface area contributed by atoms with Gasteiger partial charge in [-0.1, -0.05) is 6.07 Å². The minimum Gasteiger partial charge on any atom is -0.497 e. The molecule has 6 nitrogen and oxygen atoms in total. The predicted molar refractivity (Wildman–Crippen MR) is 113 cm³/mol. The number of ether oxygens (including phenoxy) is 3. The Morgan fingerprint density at radius 2 is 1.87 bits per heavy atom. The van der Waals surface area contributed by atoms with Crippen LogP contribution in [0.1, 0.15) is 49.7 Å². The first-order valence-electron chi connectivity index (χ1n) is 11.3. The number of aliphatic hydroxyl groups is 2. The molecular formula is C24H35NO5. The summed E-state index contributed by atoms with van der Waals surface area (Å²) in [7, 11) is 4.82. The molecule has 2 saturated carbocycles. The van der Waals surface area contributed by atoms with Gasteiger partial charge in [0.25, 0.3) is 0 Å². The molecule has 1 aromatic rings. The van der Waals surface area contributed by atoms with Crippen molar-refractivity contribution in [3.05, 3.63) is 29.3 Å². The van der Waals surface area contributed by atoms with E-state index in [4.69, 9.17) is 14.2 Å². The van der Waals surface area contributed by atoms with Gasteiger partial charge in [-0.2, -0.15) is 0 Å². The van der Waals surface area contributed by atoms with Crippen molar-refractivity contribution in [2.45, 2.75) is 73.9 Å². The number of methoxy groups -OCH3 is 3. The molecule has 5 rings (SSSR count). The highest BCUT2D eigenvalue weighted by atomic mass is 16.7. The lowest BCUT2D eigenvalue weighted by Gasteiger charge is -2.66. The largest absolute Gasteiger partial charge is 0.497 e.